The van der Waals surface area contributed by atoms with E-state index in [2.05, 4.69) is 242 Å². The monoisotopic (exact) mass is 1120 g/mol. The predicted molar refractivity (Wildman–Crippen MR) is 345 cm³/mol. The van der Waals surface area contributed by atoms with Gasteiger partial charge < -0.3 is 19.3 Å². The molecule has 11 heteroatoms. The Morgan fingerprint density at radius 3 is 1.12 bits per heavy atom. The molecule has 0 fully saturated rings. The van der Waals surface area contributed by atoms with Crippen LogP contribution in [0.5, 0.6) is 0 Å². The van der Waals surface area contributed by atoms with Crippen LogP contribution in [0, 0.1) is 0 Å². The van der Waals surface area contributed by atoms with E-state index in [9.17, 15) is 0 Å². The summed E-state index contributed by atoms with van der Waals surface area (Å²) in [7, 11) is 0. The molecule has 0 amide bonds. The number of ether oxygens (including phenoxy) is 2. The molecule has 2 unspecified atom stereocenters. The highest BCUT2D eigenvalue weighted by Gasteiger charge is 2.16. The summed E-state index contributed by atoms with van der Waals surface area (Å²) < 4.78 is 12.7. The van der Waals surface area contributed by atoms with Gasteiger partial charge >= 0.3 is 0 Å². The molecule has 1 aliphatic rings. The van der Waals surface area contributed by atoms with E-state index in [4.69, 9.17) is 19.7 Å². The first-order valence-electron chi connectivity index (χ1n) is 27.5. The molecule has 0 aliphatic heterocycles. The highest BCUT2D eigenvalue weighted by atomic mass is 32.2. The molecule has 0 radical (unpaired) electrons. The van der Waals surface area contributed by atoms with E-state index in [1.165, 1.54) is 15.5 Å². The van der Waals surface area contributed by atoms with Gasteiger partial charge in [0.25, 0.3) is 0 Å². The van der Waals surface area contributed by atoms with Gasteiger partial charge in [0.05, 0.1) is 50.1 Å². The Labute approximate surface area is 491 Å². The Hall–Kier alpha value is -8.03. The maximum absolute atomic E-state index is 6.37. The zero-order valence-corrected chi connectivity index (χ0v) is 48.1. The summed E-state index contributed by atoms with van der Waals surface area (Å²) in [6.45, 7) is 6.46. The van der Waals surface area contributed by atoms with Crippen molar-refractivity contribution in [3.8, 4) is 0 Å². The summed E-state index contributed by atoms with van der Waals surface area (Å²) in [6.07, 6.45) is 12.7. The molecule has 10 rings (SSSR count). The predicted octanol–water partition coefficient (Wildman–Crippen LogP) is 18.7. The average Bonchev–Trinajstić information content (AvgIpc) is 3.53. The highest BCUT2D eigenvalue weighted by molar-refractivity contribution is 8.00. The van der Waals surface area contributed by atoms with E-state index >= 15 is 0 Å². The SMILES string of the molecule is CC(OCCN(/N=C/c1ccc(N(C2=CCCC=C2)c2ccccc2)cc1)c1ccccc1)Sc1ccc(Sc2ccc(SC(C)OCCN(/N=C/c3ccc(N(c4ccccc4)c4ccccc4)cc3)c3ccccc3)cc2)cc1. The Kier molecular flexibility index (Phi) is 20.4. The Morgan fingerprint density at radius 1 is 0.395 bits per heavy atom. The number of anilines is 7. The Bertz CT molecular complexity index is 3390. The van der Waals surface area contributed by atoms with Gasteiger partial charge in [-0.15, -0.1) is 0 Å². The van der Waals surface area contributed by atoms with E-state index in [0.29, 0.717) is 26.3 Å². The first-order valence-corrected chi connectivity index (χ1v) is 30.0. The van der Waals surface area contributed by atoms with Crippen LogP contribution in [0.2, 0.25) is 0 Å². The molecule has 81 heavy (non-hydrogen) atoms. The van der Waals surface area contributed by atoms with Crippen molar-refractivity contribution >= 4 is 87.5 Å². The van der Waals surface area contributed by atoms with Crippen molar-refractivity contribution in [2.24, 2.45) is 10.2 Å². The lowest BCUT2D eigenvalue weighted by atomic mass is 10.1. The molecular weight excluding hydrogens is 1050 g/mol. The van der Waals surface area contributed by atoms with E-state index in [-0.39, 0.29) is 10.9 Å². The van der Waals surface area contributed by atoms with Crippen LogP contribution in [0.25, 0.3) is 0 Å². The lowest BCUT2D eigenvalue weighted by Crippen LogP contribution is -2.23. The minimum Gasteiger partial charge on any atom is -0.366 e. The molecule has 0 saturated heterocycles. The first-order chi connectivity index (χ1) is 40.0. The van der Waals surface area contributed by atoms with Gasteiger partial charge in [-0.3, -0.25) is 10.0 Å². The van der Waals surface area contributed by atoms with E-state index in [0.717, 1.165) is 73.6 Å². The van der Waals surface area contributed by atoms with Crippen LogP contribution >= 0.6 is 35.3 Å². The van der Waals surface area contributed by atoms with Crippen LogP contribution in [-0.4, -0.2) is 49.6 Å². The molecule has 406 valence electrons. The molecular formula is C70H66N6O2S3. The second kappa shape index (κ2) is 29.4. The number of hydrogen-bond acceptors (Lipinski definition) is 11. The second-order valence-corrected chi connectivity index (χ2v) is 22.9. The zero-order valence-electron chi connectivity index (χ0n) is 45.7. The molecule has 0 N–H and O–H groups in total. The van der Waals surface area contributed by atoms with Crippen molar-refractivity contribution in [3.05, 3.63) is 284 Å². The number of nitrogens with zero attached hydrogens (tertiary/aromatic N) is 6. The van der Waals surface area contributed by atoms with Gasteiger partial charge in [-0.05, 0) is 177 Å². The van der Waals surface area contributed by atoms with Crippen molar-refractivity contribution < 1.29 is 9.47 Å². The summed E-state index contributed by atoms with van der Waals surface area (Å²) >= 11 is 5.19. The maximum atomic E-state index is 6.37. The highest BCUT2D eigenvalue weighted by Crippen LogP contribution is 2.36. The quantitative estimate of drug-likeness (QED) is 0.0228. The standard InChI is InChI=1S/C70H66N6O2S3/c1-55(77-51-49-73(59-21-9-3-10-22-59)71-53-57-33-37-65(38-34-57)75(61-25-13-5-14-26-61)62-27-15-6-16-28-62)79-67-41-45-69(46-42-67)81-70-47-43-68(44-48-70)80-56(2)78-52-50-74(60-23-11-4-12-24-60)72-54-58-35-39-66(40-36-58)76(63-29-17-7-18-30-63)64-31-19-8-20-32-64/h3-7,9-19,21-48,53-56H,8,20,49-52H2,1-2H3/b71-53+,72-54+. The summed E-state index contributed by atoms with van der Waals surface area (Å²) in [5.41, 5.74) is 10.7. The molecule has 0 spiro atoms. The van der Waals surface area contributed by atoms with Crippen molar-refractivity contribution in [2.75, 3.05) is 46.1 Å². The minimum atomic E-state index is -0.0446. The van der Waals surface area contributed by atoms with Gasteiger partial charge in [0.2, 0.25) is 0 Å². The van der Waals surface area contributed by atoms with Gasteiger partial charge in [0.15, 0.2) is 0 Å². The van der Waals surface area contributed by atoms with Crippen LogP contribution in [0.15, 0.2) is 302 Å². The number of allylic oxidation sites excluding steroid dienone is 3. The summed E-state index contributed by atoms with van der Waals surface area (Å²) in [5.74, 6) is 0. The van der Waals surface area contributed by atoms with Gasteiger partial charge in [0, 0.05) is 53.7 Å². The van der Waals surface area contributed by atoms with Crippen molar-refractivity contribution in [3.63, 3.8) is 0 Å². The van der Waals surface area contributed by atoms with Crippen LogP contribution in [0.4, 0.5) is 39.8 Å². The Balaban J connectivity index is 0.670. The minimum absolute atomic E-state index is 0.0417. The smallest absolute Gasteiger partial charge is 0.105 e. The lowest BCUT2D eigenvalue weighted by Gasteiger charge is -2.27. The molecule has 1 aliphatic carbocycles. The largest absolute Gasteiger partial charge is 0.366 e. The van der Waals surface area contributed by atoms with Crippen molar-refractivity contribution in [1.82, 2.24) is 0 Å². The molecule has 0 aromatic heterocycles. The molecule has 0 bridgehead atoms. The summed E-state index contributed by atoms with van der Waals surface area (Å²) in [6, 6.07) is 86.5. The molecule has 2 atom stereocenters. The van der Waals surface area contributed by atoms with Crippen LogP contribution < -0.4 is 19.8 Å². The molecule has 0 heterocycles. The van der Waals surface area contributed by atoms with Crippen molar-refractivity contribution in [1.29, 1.82) is 0 Å². The summed E-state index contributed by atoms with van der Waals surface area (Å²) in [4.78, 5) is 9.26. The normalized spacial score (nSPS) is 13.0. The maximum Gasteiger partial charge on any atom is 0.105 e. The topological polar surface area (TPSA) is 56.1 Å². The third-order valence-electron chi connectivity index (χ3n) is 13.2. The number of thioether (sulfide) groups is 2. The Morgan fingerprint density at radius 2 is 0.741 bits per heavy atom. The van der Waals surface area contributed by atoms with Crippen LogP contribution in [-0.2, 0) is 9.47 Å². The van der Waals surface area contributed by atoms with Gasteiger partial charge in [0.1, 0.15) is 10.9 Å². The fourth-order valence-corrected chi connectivity index (χ4v) is 11.7. The first kappa shape index (κ1) is 56.3. The van der Waals surface area contributed by atoms with E-state index in [1.807, 2.05) is 71.0 Å². The molecule has 0 saturated carbocycles. The zero-order chi connectivity index (χ0) is 55.3. The van der Waals surface area contributed by atoms with Crippen LogP contribution in [0.1, 0.15) is 37.8 Å². The third kappa shape index (κ3) is 16.5. The van der Waals surface area contributed by atoms with Crippen molar-refractivity contribution in [2.45, 2.75) is 57.1 Å². The fraction of sp³-hybridized carbons (Fsp3) is 0.143. The number of hydrogen-bond donors (Lipinski definition) is 0. The molecule has 8 nitrogen and oxygen atoms in total. The third-order valence-corrected chi connectivity index (χ3v) is 16.2. The van der Waals surface area contributed by atoms with E-state index < -0.39 is 0 Å². The fourth-order valence-electron chi connectivity index (χ4n) is 9.16. The molecule has 9 aromatic carbocycles. The van der Waals surface area contributed by atoms with Crippen LogP contribution in [0.3, 0.4) is 0 Å². The number of hydrazone groups is 2. The lowest BCUT2D eigenvalue weighted by molar-refractivity contribution is 0.130. The molecule has 9 aromatic rings. The summed E-state index contributed by atoms with van der Waals surface area (Å²) in [5, 5.41) is 13.9. The van der Waals surface area contributed by atoms with Gasteiger partial charge in [-0.25, -0.2) is 0 Å². The average molecular weight is 1120 g/mol. The number of para-hydroxylation sites is 5. The number of benzene rings is 9. The second-order valence-electron chi connectivity index (χ2n) is 19.0. The van der Waals surface area contributed by atoms with Gasteiger partial charge in [-0.1, -0.05) is 163 Å². The van der Waals surface area contributed by atoms with Gasteiger partial charge in [-0.2, -0.15) is 10.2 Å². The number of rotatable bonds is 26. The van der Waals surface area contributed by atoms with E-state index in [1.54, 1.807) is 35.3 Å².